The Morgan fingerprint density at radius 1 is 1.02 bits per heavy atom. The van der Waals surface area contributed by atoms with Gasteiger partial charge in [-0.25, -0.2) is 0 Å². The third kappa shape index (κ3) is 10.5. The van der Waals surface area contributed by atoms with E-state index < -0.39 is 35.8 Å². The molecule has 0 aliphatic carbocycles. The Hall–Kier alpha value is -3.69. The van der Waals surface area contributed by atoms with Crippen LogP contribution in [0.5, 0.6) is 0 Å². The number of anilines is 1. The lowest BCUT2D eigenvalue weighted by molar-refractivity contribution is -0.133. The Morgan fingerprint density at radius 3 is 2.25 bits per heavy atom. The molecule has 1 aromatic carbocycles. The van der Waals surface area contributed by atoms with Crippen molar-refractivity contribution in [3.8, 4) is 0 Å². The van der Waals surface area contributed by atoms with Crippen LogP contribution in [0.15, 0.2) is 30.3 Å². The molecule has 2 rings (SSSR count). The van der Waals surface area contributed by atoms with Crippen LogP contribution in [0, 0.1) is 17.8 Å². The Kier molecular flexibility index (Phi) is 12.8. The summed E-state index contributed by atoms with van der Waals surface area (Å²) in [5.41, 5.74) is 1.88. The Balaban J connectivity index is 2.04. The zero-order chi connectivity index (χ0) is 29.8. The molecule has 4 N–H and O–H groups in total. The van der Waals surface area contributed by atoms with Crippen LogP contribution < -0.4 is 26.2 Å². The summed E-state index contributed by atoms with van der Waals surface area (Å²) in [6.45, 7) is 8.08. The molecule has 0 saturated carbocycles. The highest BCUT2D eigenvalue weighted by molar-refractivity contribution is 5.97. The molecule has 1 fully saturated rings. The van der Waals surface area contributed by atoms with Crippen molar-refractivity contribution >= 4 is 41.7 Å². The second-order valence-corrected chi connectivity index (χ2v) is 11.4. The van der Waals surface area contributed by atoms with Gasteiger partial charge in [-0.1, -0.05) is 39.8 Å². The van der Waals surface area contributed by atoms with E-state index in [2.05, 4.69) is 21.3 Å². The monoisotopic (exact) mass is 555 g/mol. The summed E-state index contributed by atoms with van der Waals surface area (Å²) in [7, 11) is 3.89. The molecule has 1 aliphatic heterocycles. The van der Waals surface area contributed by atoms with E-state index in [1.165, 1.54) is 6.08 Å². The summed E-state index contributed by atoms with van der Waals surface area (Å²) in [6.07, 6.45) is 5.71. The minimum Gasteiger partial charge on any atom is -0.378 e. The number of aldehydes is 1. The quantitative estimate of drug-likeness (QED) is 0.205. The third-order valence-electron chi connectivity index (χ3n) is 6.85. The summed E-state index contributed by atoms with van der Waals surface area (Å²) >= 11 is 0. The van der Waals surface area contributed by atoms with Crippen LogP contribution in [0.4, 0.5) is 5.69 Å². The standard InChI is InChI=1S/C30H45N5O5/c1-19(2)16-25(29(39)32-23(18-36)17-22-8-7-15-31-28(22)38)33-30(40)27(20(3)4)34-26(37)14-11-21-9-12-24(13-10-21)35(5)6/h9-14,18-20,22-23,25,27H,7-8,15-17H2,1-6H3,(H,31,38)(H,32,39)(H,33,40)(H,34,37)/b14-11+/t22-,23-,25-,27-/m0/s1. The molecule has 220 valence electrons. The van der Waals surface area contributed by atoms with Crippen molar-refractivity contribution < 1.29 is 24.0 Å². The second-order valence-electron chi connectivity index (χ2n) is 11.4. The number of hydrogen-bond acceptors (Lipinski definition) is 6. The topological polar surface area (TPSA) is 137 Å². The number of nitrogens with one attached hydrogen (secondary N) is 4. The van der Waals surface area contributed by atoms with Crippen molar-refractivity contribution in [1.82, 2.24) is 21.3 Å². The molecule has 40 heavy (non-hydrogen) atoms. The fraction of sp³-hybridized carbons (Fsp3) is 0.567. The summed E-state index contributed by atoms with van der Waals surface area (Å²) in [5.74, 6) is -2.04. The largest absolute Gasteiger partial charge is 0.378 e. The molecule has 10 heteroatoms. The molecular formula is C30H45N5O5. The van der Waals surface area contributed by atoms with Gasteiger partial charge >= 0.3 is 0 Å². The molecule has 1 aliphatic rings. The lowest BCUT2D eigenvalue weighted by Gasteiger charge is -2.28. The van der Waals surface area contributed by atoms with Crippen molar-refractivity contribution in [3.05, 3.63) is 35.9 Å². The highest BCUT2D eigenvalue weighted by atomic mass is 16.2. The summed E-state index contributed by atoms with van der Waals surface area (Å²) in [6, 6.07) is 5.07. The Morgan fingerprint density at radius 2 is 1.70 bits per heavy atom. The van der Waals surface area contributed by atoms with E-state index in [0.717, 1.165) is 17.7 Å². The normalized spacial score (nSPS) is 17.6. The highest BCUT2D eigenvalue weighted by Crippen LogP contribution is 2.17. The second kappa shape index (κ2) is 15.8. The van der Waals surface area contributed by atoms with Gasteiger partial charge in [0.05, 0.1) is 6.04 Å². The number of piperidine rings is 1. The molecular weight excluding hydrogens is 510 g/mol. The highest BCUT2D eigenvalue weighted by Gasteiger charge is 2.31. The number of hydrogen-bond donors (Lipinski definition) is 4. The zero-order valence-corrected chi connectivity index (χ0v) is 24.5. The number of amides is 4. The summed E-state index contributed by atoms with van der Waals surface area (Å²) in [5, 5.41) is 11.0. The van der Waals surface area contributed by atoms with Crippen LogP contribution in [-0.2, 0) is 24.0 Å². The van der Waals surface area contributed by atoms with E-state index >= 15 is 0 Å². The predicted molar refractivity (Wildman–Crippen MR) is 156 cm³/mol. The molecule has 0 aromatic heterocycles. The molecule has 0 bridgehead atoms. The van der Waals surface area contributed by atoms with E-state index in [4.69, 9.17) is 0 Å². The molecule has 0 spiro atoms. The first-order valence-corrected chi connectivity index (χ1v) is 14.0. The van der Waals surface area contributed by atoms with Crippen LogP contribution in [0.1, 0.15) is 58.9 Å². The van der Waals surface area contributed by atoms with Gasteiger partial charge in [0.2, 0.25) is 23.6 Å². The zero-order valence-electron chi connectivity index (χ0n) is 24.5. The average Bonchev–Trinajstić information content (AvgIpc) is 2.90. The maximum atomic E-state index is 13.3. The van der Waals surface area contributed by atoms with Gasteiger partial charge in [-0.05, 0) is 61.3 Å². The Labute approximate surface area is 237 Å². The average molecular weight is 556 g/mol. The number of nitrogens with zero attached hydrogens (tertiary/aromatic N) is 1. The molecule has 4 amide bonds. The first-order valence-electron chi connectivity index (χ1n) is 14.0. The predicted octanol–water partition coefficient (Wildman–Crippen LogP) is 2.04. The van der Waals surface area contributed by atoms with Crippen molar-refractivity contribution in [2.24, 2.45) is 17.8 Å². The van der Waals surface area contributed by atoms with Crippen molar-refractivity contribution in [2.45, 2.75) is 71.5 Å². The fourth-order valence-corrected chi connectivity index (χ4v) is 4.55. The van der Waals surface area contributed by atoms with E-state index in [0.29, 0.717) is 25.7 Å². The van der Waals surface area contributed by atoms with E-state index in [-0.39, 0.29) is 30.1 Å². The van der Waals surface area contributed by atoms with E-state index in [1.807, 2.05) is 71.0 Å². The van der Waals surface area contributed by atoms with Gasteiger partial charge in [0.15, 0.2) is 0 Å². The number of carbonyl (C=O) groups is 5. The van der Waals surface area contributed by atoms with Crippen molar-refractivity contribution in [1.29, 1.82) is 0 Å². The number of rotatable bonds is 14. The van der Waals surface area contributed by atoms with Gasteiger partial charge in [0.25, 0.3) is 0 Å². The summed E-state index contributed by atoms with van der Waals surface area (Å²) < 4.78 is 0. The van der Waals surface area contributed by atoms with Crippen molar-refractivity contribution in [2.75, 3.05) is 25.5 Å². The van der Waals surface area contributed by atoms with Crippen LogP contribution in [0.3, 0.4) is 0 Å². The van der Waals surface area contributed by atoms with Crippen LogP contribution >= 0.6 is 0 Å². The van der Waals surface area contributed by atoms with Gasteiger partial charge in [-0.15, -0.1) is 0 Å². The van der Waals surface area contributed by atoms with E-state index in [1.54, 1.807) is 6.08 Å². The maximum absolute atomic E-state index is 13.3. The minimum atomic E-state index is -0.904. The van der Waals surface area contributed by atoms with E-state index in [9.17, 15) is 24.0 Å². The van der Waals surface area contributed by atoms with Gasteiger partial charge in [-0.3, -0.25) is 19.2 Å². The van der Waals surface area contributed by atoms with Gasteiger partial charge in [0, 0.05) is 38.3 Å². The molecule has 10 nitrogen and oxygen atoms in total. The van der Waals surface area contributed by atoms with Gasteiger partial charge in [-0.2, -0.15) is 0 Å². The van der Waals surface area contributed by atoms with Crippen molar-refractivity contribution in [3.63, 3.8) is 0 Å². The molecule has 0 radical (unpaired) electrons. The summed E-state index contributed by atoms with van der Waals surface area (Å²) in [4.78, 5) is 64.9. The van der Waals surface area contributed by atoms with Gasteiger partial charge in [0.1, 0.15) is 18.4 Å². The lowest BCUT2D eigenvalue weighted by Crippen LogP contribution is -2.56. The molecule has 1 saturated heterocycles. The fourth-order valence-electron chi connectivity index (χ4n) is 4.55. The molecule has 4 atom stereocenters. The lowest BCUT2D eigenvalue weighted by atomic mass is 9.91. The molecule has 0 unspecified atom stereocenters. The first-order chi connectivity index (χ1) is 18.9. The Bertz CT molecular complexity index is 1050. The molecule has 1 aromatic rings. The number of carbonyl (C=O) groups excluding carboxylic acids is 5. The first kappa shape index (κ1) is 32.5. The van der Waals surface area contributed by atoms with Crippen LogP contribution in [-0.4, -0.2) is 68.7 Å². The number of benzene rings is 1. The van der Waals surface area contributed by atoms with Crippen LogP contribution in [0.2, 0.25) is 0 Å². The minimum absolute atomic E-state index is 0.0729. The SMILES string of the molecule is CC(C)C[C@H](NC(=O)[C@@H](NC(=O)/C=C/c1ccc(N(C)C)cc1)C(C)C)C(=O)N[C@H](C=O)C[C@@H]1CCCNC1=O. The van der Waals surface area contributed by atoms with Crippen LogP contribution in [0.25, 0.3) is 6.08 Å². The smallest absolute Gasteiger partial charge is 0.244 e. The third-order valence-corrected chi connectivity index (χ3v) is 6.85. The van der Waals surface area contributed by atoms with Gasteiger partial charge < -0.3 is 31.0 Å². The maximum Gasteiger partial charge on any atom is 0.244 e. The molecule has 1 heterocycles.